The van der Waals surface area contributed by atoms with Gasteiger partial charge in [0.1, 0.15) is 11.6 Å². The summed E-state index contributed by atoms with van der Waals surface area (Å²) in [4.78, 5) is 16.0. The third-order valence-corrected chi connectivity index (χ3v) is 4.70. The lowest BCUT2D eigenvalue weighted by molar-refractivity contribution is 0.231. The van der Waals surface area contributed by atoms with E-state index in [2.05, 4.69) is 15.6 Å². The first-order valence-corrected chi connectivity index (χ1v) is 8.60. The molecule has 1 saturated carbocycles. The molecule has 1 aliphatic rings. The minimum absolute atomic E-state index is 0.165. The molecule has 1 fully saturated rings. The number of nitrogens with one attached hydrogen (secondary N) is 2. The highest BCUT2D eigenvalue weighted by atomic mass is 19.1. The van der Waals surface area contributed by atoms with Gasteiger partial charge in [0.2, 0.25) is 0 Å². The van der Waals surface area contributed by atoms with E-state index >= 15 is 0 Å². The Labute approximate surface area is 146 Å². The van der Waals surface area contributed by atoms with E-state index < -0.39 is 0 Å². The molecular weight excluding hydrogens is 319 g/mol. The van der Waals surface area contributed by atoms with Gasteiger partial charge in [0.05, 0.1) is 0 Å². The van der Waals surface area contributed by atoms with Crippen LogP contribution in [0, 0.1) is 5.82 Å². The predicted octanol–water partition coefficient (Wildman–Crippen LogP) is 3.33. The van der Waals surface area contributed by atoms with Gasteiger partial charge in [-0.05, 0) is 60.9 Å². The fraction of sp³-hybridized carbons (Fsp3) is 0.368. The second-order valence-corrected chi connectivity index (χ2v) is 6.52. The van der Waals surface area contributed by atoms with Crippen LogP contribution in [0.3, 0.4) is 0 Å². The van der Waals surface area contributed by atoms with Crippen molar-refractivity contribution in [3.8, 4) is 0 Å². The number of hydrogen-bond acceptors (Lipinski definition) is 3. The minimum atomic E-state index is -0.202. The highest BCUT2D eigenvalue weighted by Gasteiger charge is 2.23. The molecule has 0 spiro atoms. The van der Waals surface area contributed by atoms with Crippen molar-refractivity contribution < 1.29 is 9.18 Å². The summed E-state index contributed by atoms with van der Waals surface area (Å²) in [5.74, 6) is 0.709. The Bertz CT molecular complexity index is 694. The standard InChI is InChI=1S/C19H23FN4O/c20-16-6-2-14(3-7-16)15-4-8-17(9-5-15)24-19(25)23-12-13-1-10-18(21)22-11-13/h1-3,6-7,10-11,15,17H,4-5,8-9,12H2,(H2,21,22)(H2,23,24,25). The number of pyridine rings is 1. The van der Waals surface area contributed by atoms with Crippen LogP contribution in [-0.4, -0.2) is 17.1 Å². The molecule has 0 radical (unpaired) electrons. The molecule has 2 amide bonds. The van der Waals surface area contributed by atoms with Gasteiger partial charge in [-0.2, -0.15) is 0 Å². The lowest BCUT2D eigenvalue weighted by atomic mass is 9.82. The number of hydrogen-bond donors (Lipinski definition) is 3. The fourth-order valence-corrected chi connectivity index (χ4v) is 3.27. The van der Waals surface area contributed by atoms with E-state index in [0.717, 1.165) is 31.2 Å². The average molecular weight is 342 g/mol. The summed E-state index contributed by atoms with van der Waals surface area (Å²) in [5, 5.41) is 5.87. The molecule has 0 bridgehead atoms. The number of carbonyl (C=O) groups excluding carboxylic acids is 1. The zero-order chi connectivity index (χ0) is 17.6. The van der Waals surface area contributed by atoms with Crippen molar-refractivity contribution in [2.45, 2.75) is 44.2 Å². The molecule has 6 heteroatoms. The normalized spacial score (nSPS) is 20.0. The summed E-state index contributed by atoms with van der Waals surface area (Å²) >= 11 is 0. The van der Waals surface area contributed by atoms with Crippen LogP contribution in [0.25, 0.3) is 0 Å². The lowest BCUT2D eigenvalue weighted by Crippen LogP contribution is -2.43. The number of nitrogen functional groups attached to an aromatic ring is 1. The Kier molecular flexibility index (Phi) is 5.48. The van der Waals surface area contributed by atoms with Crippen molar-refractivity contribution >= 4 is 11.8 Å². The molecule has 0 saturated heterocycles. The molecule has 0 unspecified atom stereocenters. The summed E-state index contributed by atoms with van der Waals surface area (Å²) in [5.41, 5.74) is 7.63. The summed E-state index contributed by atoms with van der Waals surface area (Å²) < 4.78 is 13.0. The average Bonchev–Trinajstić information content (AvgIpc) is 2.63. The van der Waals surface area contributed by atoms with E-state index in [0.29, 0.717) is 18.3 Å². The Morgan fingerprint density at radius 3 is 2.48 bits per heavy atom. The molecule has 1 aromatic carbocycles. The third kappa shape index (κ3) is 4.92. The number of rotatable bonds is 4. The number of nitrogens with zero attached hydrogens (tertiary/aromatic N) is 1. The number of urea groups is 1. The molecule has 3 rings (SSSR count). The van der Waals surface area contributed by atoms with Gasteiger partial charge in [-0.15, -0.1) is 0 Å². The largest absolute Gasteiger partial charge is 0.384 e. The van der Waals surface area contributed by atoms with Crippen LogP contribution in [0.1, 0.15) is 42.7 Å². The fourth-order valence-electron chi connectivity index (χ4n) is 3.27. The molecule has 5 nitrogen and oxygen atoms in total. The molecule has 0 aliphatic heterocycles. The van der Waals surface area contributed by atoms with Gasteiger partial charge in [0.15, 0.2) is 0 Å². The minimum Gasteiger partial charge on any atom is -0.384 e. The first-order valence-electron chi connectivity index (χ1n) is 8.60. The maximum Gasteiger partial charge on any atom is 0.315 e. The Hall–Kier alpha value is -2.63. The second-order valence-electron chi connectivity index (χ2n) is 6.52. The monoisotopic (exact) mass is 342 g/mol. The van der Waals surface area contributed by atoms with Crippen molar-refractivity contribution in [3.05, 3.63) is 59.5 Å². The topological polar surface area (TPSA) is 80.0 Å². The second kappa shape index (κ2) is 7.96. The van der Waals surface area contributed by atoms with Crippen LogP contribution in [0.5, 0.6) is 0 Å². The lowest BCUT2D eigenvalue weighted by Gasteiger charge is -2.29. The molecule has 4 N–H and O–H groups in total. The highest BCUT2D eigenvalue weighted by Crippen LogP contribution is 2.32. The van der Waals surface area contributed by atoms with Gasteiger partial charge >= 0.3 is 6.03 Å². The van der Waals surface area contributed by atoms with E-state index in [1.807, 2.05) is 18.2 Å². The first kappa shape index (κ1) is 17.2. The number of carbonyl (C=O) groups is 1. The van der Waals surface area contributed by atoms with Crippen LogP contribution in [0.4, 0.5) is 15.0 Å². The summed E-state index contributed by atoms with van der Waals surface area (Å²) in [7, 11) is 0. The molecule has 25 heavy (non-hydrogen) atoms. The molecule has 2 aromatic rings. The van der Waals surface area contributed by atoms with Crippen molar-refractivity contribution in [2.75, 3.05) is 5.73 Å². The third-order valence-electron chi connectivity index (χ3n) is 4.70. The van der Waals surface area contributed by atoms with Crippen LogP contribution < -0.4 is 16.4 Å². The first-order chi connectivity index (χ1) is 12.1. The predicted molar refractivity (Wildman–Crippen MR) is 95.4 cm³/mol. The van der Waals surface area contributed by atoms with Gasteiger partial charge in [0.25, 0.3) is 0 Å². The zero-order valence-corrected chi connectivity index (χ0v) is 14.0. The highest BCUT2D eigenvalue weighted by molar-refractivity contribution is 5.74. The zero-order valence-electron chi connectivity index (χ0n) is 14.0. The number of nitrogens with two attached hydrogens (primary N) is 1. The number of halogens is 1. The van der Waals surface area contributed by atoms with Crippen molar-refractivity contribution in [3.63, 3.8) is 0 Å². The maximum atomic E-state index is 13.0. The van der Waals surface area contributed by atoms with E-state index in [9.17, 15) is 9.18 Å². The van der Waals surface area contributed by atoms with E-state index in [1.54, 1.807) is 12.3 Å². The smallest absolute Gasteiger partial charge is 0.315 e. The number of benzene rings is 1. The number of aromatic nitrogens is 1. The van der Waals surface area contributed by atoms with Crippen molar-refractivity contribution in [2.24, 2.45) is 0 Å². The van der Waals surface area contributed by atoms with E-state index in [4.69, 9.17) is 5.73 Å². The molecular formula is C19H23FN4O. The summed E-state index contributed by atoms with van der Waals surface area (Å²) in [6, 6.07) is 10.3. The van der Waals surface area contributed by atoms with E-state index in [1.165, 1.54) is 17.7 Å². The maximum absolute atomic E-state index is 13.0. The van der Waals surface area contributed by atoms with E-state index in [-0.39, 0.29) is 17.9 Å². The van der Waals surface area contributed by atoms with Gasteiger partial charge in [0, 0.05) is 18.8 Å². The van der Waals surface area contributed by atoms with Crippen LogP contribution >= 0.6 is 0 Å². The molecule has 1 heterocycles. The Balaban J connectivity index is 1.41. The van der Waals surface area contributed by atoms with Crippen molar-refractivity contribution in [1.82, 2.24) is 15.6 Å². The number of anilines is 1. The van der Waals surface area contributed by atoms with Crippen LogP contribution in [0.15, 0.2) is 42.6 Å². The Morgan fingerprint density at radius 1 is 1.12 bits per heavy atom. The van der Waals surface area contributed by atoms with Crippen LogP contribution in [-0.2, 0) is 6.54 Å². The molecule has 1 aromatic heterocycles. The van der Waals surface area contributed by atoms with Gasteiger partial charge in [-0.1, -0.05) is 18.2 Å². The van der Waals surface area contributed by atoms with Gasteiger partial charge in [-0.25, -0.2) is 14.2 Å². The Morgan fingerprint density at radius 2 is 1.84 bits per heavy atom. The quantitative estimate of drug-likeness (QED) is 0.797. The number of amides is 2. The van der Waals surface area contributed by atoms with Gasteiger partial charge < -0.3 is 16.4 Å². The molecule has 132 valence electrons. The van der Waals surface area contributed by atoms with Gasteiger partial charge in [-0.3, -0.25) is 0 Å². The summed E-state index contributed by atoms with van der Waals surface area (Å²) in [6.07, 6.45) is 5.51. The SMILES string of the molecule is Nc1ccc(CNC(=O)NC2CCC(c3ccc(F)cc3)CC2)cn1. The molecule has 1 aliphatic carbocycles. The summed E-state index contributed by atoms with van der Waals surface area (Å²) in [6.45, 7) is 0.421. The van der Waals surface area contributed by atoms with Crippen molar-refractivity contribution in [1.29, 1.82) is 0 Å². The van der Waals surface area contributed by atoms with Crippen LogP contribution in [0.2, 0.25) is 0 Å². The molecule has 0 atom stereocenters.